The van der Waals surface area contributed by atoms with Crippen molar-refractivity contribution in [2.24, 2.45) is 11.8 Å². The summed E-state index contributed by atoms with van der Waals surface area (Å²) in [6, 6.07) is 2.15. The predicted molar refractivity (Wildman–Crippen MR) is 40.5 cm³/mol. The van der Waals surface area contributed by atoms with Crippen LogP contribution in [0, 0.1) is 23.2 Å². The van der Waals surface area contributed by atoms with Crippen LogP contribution in [-0.4, -0.2) is 24.9 Å². The highest BCUT2D eigenvalue weighted by molar-refractivity contribution is 5.79. The average molecular weight is 152 g/mol. The topological polar surface area (TPSA) is 44.1 Å². The van der Waals surface area contributed by atoms with Gasteiger partial charge in [0.2, 0.25) is 5.91 Å². The SMILES string of the molecule is CN(C)C(=O)C1CC(C#N)C1. The molecular weight excluding hydrogens is 140 g/mol. The number of rotatable bonds is 1. The van der Waals surface area contributed by atoms with E-state index >= 15 is 0 Å². The number of nitriles is 1. The Bertz CT molecular complexity index is 199. The summed E-state index contributed by atoms with van der Waals surface area (Å²) >= 11 is 0. The summed E-state index contributed by atoms with van der Waals surface area (Å²) in [5.74, 6) is 0.412. The number of carbonyl (C=O) groups is 1. The van der Waals surface area contributed by atoms with E-state index in [1.54, 1.807) is 19.0 Å². The second kappa shape index (κ2) is 2.91. The molecule has 0 aromatic heterocycles. The van der Waals surface area contributed by atoms with E-state index in [9.17, 15) is 4.79 Å². The van der Waals surface area contributed by atoms with E-state index in [4.69, 9.17) is 5.26 Å². The molecule has 0 saturated heterocycles. The van der Waals surface area contributed by atoms with Crippen LogP contribution in [0.1, 0.15) is 12.8 Å². The van der Waals surface area contributed by atoms with Crippen molar-refractivity contribution in [2.75, 3.05) is 14.1 Å². The van der Waals surface area contributed by atoms with Gasteiger partial charge in [0.25, 0.3) is 0 Å². The lowest BCUT2D eigenvalue weighted by Crippen LogP contribution is -2.37. The molecule has 11 heavy (non-hydrogen) atoms. The van der Waals surface area contributed by atoms with Crippen LogP contribution in [0.15, 0.2) is 0 Å². The van der Waals surface area contributed by atoms with E-state index in [0.29, 0.717) is 0 Å². The summed E-state index contributed by atoms with van der Waals surface area (Å²) < 4.78 is 0. The summed E-state index contributed by atoms with van der Waals surface area (Å²) in [6.07, 6.45) is 1.51. The van der Waals surface area contributed by atoms with E-state index in [0.717, 1.165) is 12.8 Å². The van der Waals surface area contributed by atoms with Crippen LogP contribution >= 0.6 is 0 Å². The Kier molecular flexibility index (Phi) is 2.13. The standard InChI is InChI=1S/C8H12N2O/c1-10(2)8(11)7-3-6(4-7)5-9/h6-7H,3-4H2,1-2H3. The molecule has 1 aliphatic rings. The van der Waals surface area contributed by atoms with Crippen LogP contribution in [0.4, 0.5) is 0 Å². The van der Waals surface area contributed by atoms with Gasteiger partial charge in [0.05, 0.1) is 6.07 Å². The van der Waals surface area contributed by atoms with Gasteiger partial charge in [-0.3, -0.25) is 4.79 Å². The highest BCUT2D eigenvalue weighted by Gasteiger charge is 2.34. The van der Waals surface area contributed by atoms with Crippen LogP contribution in [0.3, 0.4) is 0 Å². The Hall–Kier alpha value is -1.04. The van der Waals surface area contributed by atoms with Crippen molar-refractivity contribution >= 4 is 5.91 Å². The van der Waals surface area contributed by atoms with Crippen molar-refractivity contribution in [3.63, 3.8) is 0 Å². The van der Waals surface area contributed by atoms with Crippen molar-refractivity contribution in [2.45, 2.75) is 12.8 Å². The molecule has 0 unspecified atom stereocenters. The zero-order chi connectivity index (χ0) is 8.43. The van der Waals surface area contributed by atoms with Crippen LogP contribution in [0.25, 0.3) is 0 Å². The van der Waals surface area contributed by atoms with Gasteiger partial charge in [0.1, 0.15) is 0 Å². The van der Waals surface area contributed by atoms with E-state index in [1.165, 1.54) is 0 Å². The molecule has 1 amide bonds. The highest BCUT2D eigenvalue weighted by Crippen LogP contribution is 2.33. The second-order valence-corrected chi connectivity index (χ2v) is 3.23. The van der Waals surface area contributed by atoms with Gasteiger partial charge in [-0.25, -0.2) is 0 Å². The molecule has 1 fully saturated rings. The molecule has 3 nitrogen and oxygen atoms in total. The van der Waals surface area contributed by atoms with Gasteiger partial charge in [-0.05, 0) is 12.8 Å². The molecule has 1 rings (SSSR count). The largest absolute Gasteiger partial charge is 0.349 e. The van der Waals surface area contributed by atoms with Crippen LogP contribution in [-0.2, 0) is 4.79 Å². The number of carbonyl (C=O) groups excluding carboxylic acids is 1. The van der Waals surface area contributed by atoms with E-state index in [2.05, 4.69) is 6.07 Å². The summed E-state index contributed by atoms with van der Waals surface area (Å²) in [6.45, 7) is 0. The molecule has 0 aliphatic heterocycles. The van der Waals surface area contributed by atoms with Crippen molar-refractivity contribution in [1.29, 1.82) is 5.26 Å². The fraction of sp³-hybridized carbons (Fsp3) is 0.750. The highest BCUT2D eigenvalue weighted by atomic mass is 16.2. The van der Waals surface area contributed by atoms with Gasteiger partial charge in [-0.15, -0.1) is 0 Å². The normalized spacial score (nSPS) is 28.5. The minimum atomic E-state index is 0.120. The maximum Gasteiger partial charge on any atom is 0.225 e. The Morgan fingerprint density at radius 1 is 1.55 bits per heavy atom. The maximum absolute atomic E-state index is 11.2. The second-order valence-electron chi connectivity index (χ2n) is 3.23. The monoisotopic (exact) mass is 152 g/mol. The van der Waals surface area contributed by atoms with Gasteiger partial charge in [-0.1, -0.05) is 0 Å². The average Bonchev–Trinajstić information content (AvgIpc) is 1.85. The van der Waals surface area contributed by atoms with Crippen molar-refractivity contribution in [3.05, 3.63) is 0 Å². The number of hydrogen-bond donors (Lipinski definition) is 0. The zero-order valence-electron chi connectivity index (χ0n) is 6.87. The number of amides is 1. The van der Waals surface area contributed by atoms with Crippen molar-refractivity contribution < 1.29 is 4.79 Å². The van der Waals surface area contributed by atoms with E-state index < -0.39 is 0 Å². The van der Waals surface area contributed by atoms with Gasteiger partial charge in [-0.2, -0.15) is 5.26 Å². The first kappa shape index (κ1) is 8.06. The molecule has 3 heteroatoms. The third kappa shape index (κ3) is 1.51. The third-order valence-corrected chi connectivity index (χ3v) is 2.11. The van der Waals surface area contributed by atoms with Gasteiger partial charge < -0.3 is 4.90 Å². The first-order chi connectivity index (χ1) is 5.15. The molecule has 1 aliphatic carbocycles. The molecule has 0 spiro atoms. The molecule has 0 aromatic carbocycles. The minimum Gasteiger partial charge on any atom is -0.349 e. The molecular formula is C8H12N2O. The fourth-order valence-corrected chi connectivity index (χ4v) is 1.29. The Morgan fingerprint density at radius 2 is 2.09 bits per heavy atom. The molecule has 0 heterocycles. The lowest BCUT2D eigenvalue weighted by atomic mass is 9.75. The molecule has 0 atom stereocenters. The zero-order valence-corrected chi connectivity index (χ0v) is 6.87. The van der Waals surface area contributed by atoms with Gasteiger partial charge >= 0.3 is 0 Å². The summed E-state index contributed by atoms with van der Waals surface area (Å²) in [4.78, 5) is 12.8. The molecule has 0 bridgehead atoms. The summed E-state index contributed by atoms with van der Waals surface area (Å²) in [5.41, 5.74) is 0. The number of nitrogens with zero attached hydrogens (tertiary/aromatic N) is 2. The Balaban J connectivity index is 2.34. The third-order valence-electron chi connectivity index (χ3n) is 2.11. The Morgan fingerprint density at radius 3 is 2.45 bits per heavy atom. The van der Waals surface area contributed by atoms with Crippen LogP contribution in [0.5, 0.6) is 0 Å². The molecule has 60 valence electrons. The Labute approximate surface area is 66.6 Å². The van der Waals surface area contributed by atoms with Gasteiger partial charge in [0.15, 0.2) is 0 Å². The first-order valence-corrected chi connectivity index (χ1v) is 3.76. The van der Waals surface area contributed by atoms with E-state index in [-0.39, 0.29) is 17.7 Å². The van der Waals surface area contributed by atoms with Crippen molar-refractivity contribution in [1.82, 2.24) is 4.90 Å². The predicted octanol–water partition coefficient (Wildman–Crippen LogP) is 0.624. The van der Waals surface area contributed by atoms with E-state index in [1.807, 2.05) is 0 Å². The van der Waals surface area contributed by atoms with Crippen LogP contribution < -0.4 is 0 Å². The lowest BCUT2D eigenvalue weighted by molar-refractivity contribution is -0.136. The first-order valence-electron chi connectivity index (χ1n) is 3.76. The maximum atomic E-state index is 11.2. The quantitative estimate of drug-likeness (QED) is 0.553. The fourth-order valence-electron chi connectivity index (χ4n) is 1.29. The molecule has 0 N–H and O–H groups in total. The summed E-state index contributed by atoms with van der Waals surface area (Å²) in [5, 5.41) is 8.45. The molecule has 1 saturated carbocycles. The molecule has 0 radical (unpaired) electrons. The number of hydrogen-bond acceptors (Lipinski definition) is 2. The summed E-state index contributed by atoms with van der Waals surface area (Å²) in [7, 11) is 3.50. The minimum absolute atomic E-state index is 0.120. The molecule has 0 aromatic rings. The van der Waals surface area contributed by atoms with Gasteiger partial charge in [0, 0.05) is 25.9 Å². The smallest absolute Gasteiger partial charge is 0.225 e. The van der Waals surface area contributed by atoms with Crippen LogP contribution in [0.2, 0.25) is 0 Å². The lowest BCUT2D eigenvalue weighted by Gasteiger charge is -2.31. The van der Waals surface area contributed by atoms with Crippen molar-refractivity contribution in [3.8, 4) is 6.07 Å².